The zero-order chi connectivity index (χ0) is 21.5. The molecule has 0 spiro atoms. The maximum atomic E-state index is 11.6. The summed E-state index contributed by atoms with van der Waals surface area (Å²) in [4.78, 5) is 4.82. The molecule has 2 atom stereocenters. The van der Waals surface area contributed by atoms with E-state index in [1.807, 2.05) is 13.0 Å². The van der Waals surface area contributed by atoms with Crippen LogP contribution in [0.2, 0.25) is 0 Å². The lowest BCUT2D eigenvalue weighted by Gasteiger charge is -2.23. The minimum Gasteiger partial charge on any atom is -0.458 e. The van der Waals surface area contributed by atoms with Crippen LogP contribution in [0.15, 0.2) is 29.2 Å². The van der Waals surface area contributed by atoms with Crippen molar-refractivity contribution in [3.05, 3.63) is 40.8 Å². The Morgan fingerprint density at radius 1 is 1.43 bits per heavy atom. The Labute approximate surface area is 176 Å². The second-order valence-electron chi connectivity index (χ2n) is 8.04. The highest BCUT2D eigenvalue weighted by Crippen LogP contribution is 2.37. The molecule has 3 heterocycles. The number of hydrogen-bond acceptors (Lipinski definition) is 7. The van der Waals surface area contributed by atoms with E-state index in [-0.39, 0.29) is 19.1 Å². The van der Waals surface area contributed by atoms with Gasteiger partial charge < -0.3 is 25.1 Å². The molecule has 5 N–H and O–H groups in total. The molecule has 0 bridgehead atoms. The number of nitrogens with zero attached hydrogens (tertiary/aromatic N) is 2. The largest absolute Gasteiger partial charge is 0.458 e. The first-order valence-electron chi connectivity index (χ1n) is 10.2. The van der Waals surface area contributed by atoms with Gasteiger partial charge in [-0.15, -0.1) is 0 Å². The molecule has 9 nitrogen and oxygen atoms in total. The summed E-state index contributed by atoms with van der Waals surface area (Å²) in [6, 6.07) is 0.345. The minimum atomic E-state index is -3.62. The van der Waals surface area contributed by atoms with Crippen molar-refractivity contribution >= 4 is 21.4 Å². The third-order valence-corrected chi connectivity index (χ3v) is 6.55. The molecule has 10 heteroatoms. The lowest BCUT2D eigenvalue weighted by Crippen LogP contribution is -2.22. The molecule has 1 aromatic rings. The number of ether oxygens (including phenoxy) is 2. The molecule has 164 valence electrons. The highest BCUT2D eigenvalue weighted by atomic mass is 32.2. The van der Waals surface area contributed by atoms with Crippen LogP contribution in [0.1, 0.15) is 38.2 Å². The standard InChI is InChI=1S/C20H29N5O4S/c1-3-13-7-16-17(29-11-28-16)8-14(13)9-18-24-19(12(2)6-15-10-23-15)20(21)25(18)4-5-30(22,26)27/h6,8,13,15,23H,3-5,7,9-11,21H2,1-2H3,(H2,22,26,27)/b12-6+. The highest BCUT2D eigenvalue weighted by Gasteiger charge is 2.29. The van der Waals surface area contributed by atoms with Gasteiger partial charge in [0.2, 0.25) is 16.8 Å². The summed E-state index contributed by atoms with van der Waals surface area (Å²) in [7, 11) is -3.62. The van der Waals surface area contributed by atoms with E-state index in [2.05, 4.69) is 18.3 Å². The molecule has 0 amide bonds. The van der Waals surface area contributed by atoms with Crippen LogP contribution in [-0.4, -0.2) is 43.1 Å². The minimum absolute atomic E-state index is 0.166. The predicted molar refractivity (Wildman–Crippen MR) is 114 cm³/mol. The fraction of sp³-hybridized carbons (Fsp3) is 0.550. The molecule has 4 rings (SSSR count). The number of rotatable bonds is 8. The molecule has 3 aliphatic rings. The average molecular weight is 436 g/mol. The molecule has 0 aromatic carbocycles. The number of nitrogens with two attached hydrogens (primary N) is 2. The fourth-order valence-electron chi connectivity index (χ4n) is 4.00. The Balaban J connectivity index is 1.68. The van der Waals surface area contributed by atoms with Crippen LogP contribution in [0.25, 0.3) is 5.57 Å². The van der Waals surface area contributed by atoms with Crippen LogP contribution in [-0.2, 0) is 32.5 Å². The van der Waals surface area contributed by atoms with Crippen molar-refractivity contribution in [3.63, 3.8) is 0 Å². The van der Waals surface area contributed by atoms with Crippen LogP contribution in [0.4, 0.5) is 5.82 Å². The Hall–Kier alpha value is -2.30. The first-order valence-corrected chi connectivity index (χ1v) is 11.9. The molecule has 1 aliphatic carbocycles. The summed E-state index contributed by atoms with van der Waals surface area (Å²) in [5.74, 6) is 2.99. The van der Waals surface area contributed by atoms with E-state index in [1.54, 1.807) is 4.57 Å². The van der Waals surface area contributed by atoms with E-state index in [0.29, 0.717) is 29.9 Å². The first-order chi connectivity index (χ1) is 14.2. The smallest absolute Gasteiger partial charge is 0.230 e. The summed E-state index contributed by atoms with van der Waals surface area (Å²) in [5, 5.41) is 8.47. The Morgan fingerprint density at radius 2 is 2.20 bits per heavy atom. The summed E-state index contributed by atoms with van der Waals surface area (Å²) in [6.45, 7) is 5.48. The molecular formula is C20H29N5O4S. The van der Waals surface area contributed by atoms with Crippen molar-refractivity contribution < 1.29 is 17.9 Å². The van der Waals surface area contributed by atoms with Crippen molar-refractivity contribution in [2.45, 2.75) is 45.7 Å². The lowest BCUT2D eigenvalue weighted by molar-refractivity contribution is 0.0717. The van der Waals surface area contributed by atoms with Gasteiger partial charge >= 0.3 is 0 Å². The van der Waals surface area contributed by atoms with E-state index in [1.165, 1.54) is 5.57 Å². The van der Waals surface area contributed by atoms with Gasteiger partial charge in [0.1, 0.15) is 23.1 Å². The number of aromatic nitrogens is 2. The summed E-state index contributed by atoms with van der Waals surface area (Å²) >= 11 is 0. The van der Waals surface area contributed by atoms with E-state index in [0.717, 1.165) is 42.3 Å². The molecule has 1 fully saturated rings. The average Bonchev–Trinajstić information content (AvgIpc) is 3.28. The third-order valence-electron chi connectivity index (χ3n) is 5.80. The van der Waals surface area contributed by atoms with Crippen LogP contribution < -0.4 is 16.2 Å². The number of anilines is 1. The van der Waals surface area contributed by atoms with E-state index in [9.17, 15) is 8.42 Å². The molecule has 30 heavy (non-hydrogen) atoms. The monoisotopic (exact) mass is 435 g/mol. The number of imidazole rings is 1. The van der Waals surface area contributed by atoms with Gasteiger partial charge in [0.25, 0.3) is 0 Å². The van der Waals surface area contributed by atoms with Crippen LogP contribution >= 0.6 is 0 Å². The Morgan fingerprint density at radius 3 is 2.87 bits per heavy atom. The molecule has 1 saturated heterocycles. The summed E-state index contributed by atoms with van der Waals surface area (Å²) < 4.78 is 36.1. The van der Waals surface area contributed by atoms with Crippen molar-refractivity contribution in [1.82, 2.24) is 14.9 Å². The van der Waals surface area contributed by atoms with Gasteiger partial charge in [-0.1, -0.05) is 18.6 Å². The zero-order valence-electron chi connectivity index (χ0n) is 17.3. The predicted octanol–water partition coefficient (Wildman–Crippen LogP) is 1.24. The van der Waals surface area contributed by atoms with E-state index in [4.69, 9.17) is 25.3 Å². The molecular weight excluding hydrogens is 406 g/mol. The van der Waals surface area contributed by atoms with Gasteiger partial charge in [0.15, 0.2) is 5.76 Å². The summed E-state index contributed by atoms with van der Waals surface area (Å²) in [6.07, 6.45) is 6.44. The second kappa shape index (κ2) is 8.09. The molecule has 0 saturated carbocycles. The number of sulfonamides is 1. The van der Waals surface area contributed by atoms with Crippen molar-refractivity contribution in [2.75, 3.05) is 24.8 Å². The number of primary sulfonamides is 1. The zero-order valence-corrected chi connectivity index (χ0v) is 18.2. The van der Waals surface area contributed by atoms with Crippen molar-refractivity contribution in [2.24, 2.45) is 11.1 Å². The van der Waals surface area contributed by atoms with Gasteiger partial charge in [0.05, 0.1) is 5.75 Å². The van der Waals surface area contributed by atoms with Crippen molar-refractivity contribution in [3.8, 4) is 0 Å². The van der Waals surface area contributed by atoms with E-state index >= 15 is 0 Å². The third kappa shape index (κ3) is 4.55. The number of nitrogens with one attached hydrogen (secondary N) is 1. The van der Waals surface area contributed by atoms with Gasteiger partial charge in [-0.3, -0.25) is 0 Å². The maximum absolute atomic E-state index is 11.6. The maximum Gasteiger partial charge on any atom is 0.230 e. The Kier molecular flexibility index (Phi) is 5.65. The number of nitrogen functional groups attached to an aromatic ring is 1. The van der Waals surface area contributed by atoms with Gasteiger partial charge in [0, 0.05) is 32.0 Å². The molecule has 2 unspecified atom stereocenters. The van der Waals surface area contributed by atoms with Gasteiger partial charge in [-0.2, -0.15) is 0 Å². The lowest BCUT2D eigenvalue weighted by atomic mass is 9.85. The second-order valence-corrected chi connectivity index (χ2v) is 9.78. The molecule has 1 aromatic heterocycles. The highest BCUT2D eigenvalue weighted by molar-refractivity contribution is 7.89. The number of allylic oxidation sites excluding steroid dienone is 4. The SMILES string of the molecule is CCC1CC2=C(C=C1Cc1nc(/C(C)=C/C3CN3)c(N)n1CCS(N)(=O)=O)OCO2. The van der Waals surface area contributed by atoms with Crippen LogP contribution in [0.3, 0.4) is 0 Å². The van der Waals surface area contributed by atoms with Gasteiger partial charge in [-0.25, -0.2) is 18.5 Å². The van der Waals surface area contributed by atoms with E-state index < -0.39 is 10.0 Å². The fourth-order valence-corrected chi connectivity index (χ4v) is 4.43. The molecule has 0 radical (unpaired) electrons. The van der Waals surface area contributed by atoms with Crippen LogP contribution in [0, 0.1) is 5.92 Å². The first kappa shape index (κ1) is 21.0. The number of hydrogen-bond donors (Lipinski definition) is 3. The van der Waals surface area contributed by atoms with Gasteiger partial charge in [-0.05, 0) is 30.9 Å². The molecule has 2 aliphatic heterocycles. The quantitative estimate of drug-likeness (QED) is 0.521. The summed E-state index contributed by atoms with van der Waals surface area (Å²) in [5.41, 5.74) is 9.26. The normalized spacial score (nSPS) is 23.7. The topological polar surface area (TPSA) is 144 Å². The van der Waals surface area contributed by atoms with Crippen molar-refractivity contribution in [1.29, 1.82) is 0 Å². The van der Waals surface area contributed by atoms with Crippen LogP contribution in [0.5, 0.6) is 0 Å². The Bertz CT molecular complexity index is 1030.